The van der Waals surface area contributed by atoms with E-state index in [0.717, 1.165) is 19.3 Å². The molecule has 0 spiro atoms. The number of aliphatic hydroxyl groups excluding tert-OH is 1. The highest BCUT2D eigenvalue weighted by molar-refractivity contribution is 5.79. The van der Waals surface area contributed by atoms with E-state index >= 15 is 0 Å². The molecule has 2 fully saturated rings. The van der Waals surface area contributed by atoms with E-state index in [1.165, 1.54) is 0 Å². The highest BCUT2D eigenvalue weighted by Crippen LogP contribution is 2.48. The fourth-order valence-corrected chi connectivity index (χ4v) is 2.83. The van der Waals surface area contributed by atoms with Crippen LogP contribution in [0.1, 0.15) is 26.2 Å². The highest BCUT2D eigenvalue weighted by atomic mass is 16.3. The first kappa shape index (κ1) is 7.29. The van der Waals surface area contributed by atoms with Crippen molar-refractivity contribution in [2.75, 3.05) is 0 Å². The van der Waals surface area contributed by atoms with Gasteiger partial charge in [0.15, 0.2) is 0 Å². The molecule has 0 amide bonds. The second kappa shape index (κ2) is 2.31. The first-order valence-corrected chi connectivity index (χ1v) is 4.38. The summed E-state index contributed by atoms with van der Waals surface area (Å²) in [7, 11) is 0. The van der Waals surface area contributed by atoms with Crippen LogP contribution in [0.25, 0.3) is 0 Å². The molecule has 2 saturated carbocycles. The minimum atomic E-state index is -0.314. The Morgan fingerprint density at radius 3 is 2.36 bits per heavy atom. The third-order valence-electron chi connectivity index (χ3n) is 3.34. The zero-order valence-electron chi connectivity index (χ0n) is 6.79. The lowest BCUT2D eigenvalue weighted by Gasteiger charge is -2.24. The molecule has 0 unspecified atom stereocenters. The fraction of sp³-hybridized carbons (Fsp3) is 0.889. The second-order valence-corrected chi connectivity index (χ2v) is 3.96. The second-order valence-electron chi connectivity index (χ2n) is 3.96. The third kappa shape index (κ3) is 0.924. The predicted molar refractivity (Wildman–Crippen MR) is 41.0 cm³/mol. The van der Waals surface area contributed by atoms with Crippen LogP contribution in [0.3, 0.4) is 0 Å². The van der Waals surface area contributed by atoms with Crippen molar-refractivity contribution in [3.8, 4) is 0 Å². The topological polar surface area (TPSA) is 37.3 Å². The number of carbonyl (C=O) groups excluding carboxylic acids is 1. The molecule has 0 saturated heterocycles. The van der Waals surface area contributed by atoms with Gasteiger partial charge in [-0.25, -0.2) is 0 Å². The van der Waals surface area contributed by atoms with Crippen LogP contribution in [0.4, 0.5) is 0 Å². The molecule has 11 heavy (non-hydrogen) atoms. The number of carbonyl (C=O) groups is 1. The summed E-state index contributed by atoms with van der Waals surface area (Å²) in [5, 5.41) is 9.63. The number of fused-ring (bicyclic) bond motifs is 2. The molecule has 0 aromatic rings. The molecule has 1 N–H and O–H groups in total. The zero-order valence-corrected chi connectivity index (χ0v) is 6.79. The molecule has 0 heterocycles. The van der Waals surface area contributed by atoms with Crippen molar-refractivity contribution >= 4 is 5.78 Å². The Hall–Kier alpha value is -0.370. The first-order chi connectivity index (χ1) is 5.20. The Morgan fingerprint density at radius 2 is 2.00 bits per heavy atom. The number of ketones is 1. The van der Waals surface area contributed by atoms with Crippen molar-refractivity contribution in [3.63, 3.8) is 0 Å². The van der Waals surface area contributed by atoms with Crippen molar-refractivity contribution in [2.45, 2.75) is 32.3 Å². The van der Waals surface area contributed by atoms with Gasteiger partial charge >= 0.3 is 0 Å². The van der Waals surface area contributed by atoms with Crippen LogP contribution < -0.4 is 0 Å². The minimum Gasteiger partial charge on any atom is -0.392 e. The van der Waals surface area contributed by atoms with E-state index in [4.69, 9.17) is 0 Å². The van der Waals surface area contributed by atoms with Crippen LogP contribution >= 0.6 is 0 Å². The van der Waals surface area contributed by atoms with E-state index in [0.29, 0.717) is 11.8 Å². The monoisotopic (exact) mass is 154 g/mol. The molecular formula is C9H14O2. The molecule has 2 nitrogen and oxygen atoms in total. The van der Waals surface area contributed by atoms with Gasteiger partial charge in [0, 0.05) is 5.92 Å². The summed E-state index contributed by atoms with van der Waals surface area (Å²) < 4.78 is 0. The van der Waals surface area contributed by atoms with Gasteiger partial charge in [-0.15, -0.1) is 0 Å². The molecule has 62 valence electrons. The number of hydrogen-bond acceptors (Lipinski definition) is 2. The summed E-state index contributed by atoms with van der Waals surface area (Å²) in [6, 6.07) is 0. The van der Waals surface area contributed by atoms with E-state index in [-0.39, 0.29) is 17.8 Å². The summed E-state index contributed by atoms with van der Waals surface area (Å²) >= 11 is 0. The van der Waals surface area contributed by atoms with Crippen molar-refractivity contribution in [1.82, 2.24) is 0 Å². The molecule has 2 bridgehead atoms. The van der Waals surface area contributed by atoms with Gasteiger partial charge in [-0.05, 0) is 38.0 Å². The quantitative estimate of drug-likeness (QED) is 0.611. The molecule has 0 radical (unpaired) electrons. The number of hydrogen-bond donors (Lipinski definition) is 1. The maximum atomic E-state index is 11.1. The molecule has 2 aliphatic rings. The Labute approximate surface area is 66.6 Å². The summed E-state index contributed by atoms with van der Waals surface area (Å²) in [6.07, 6.45) is 3.07. The lowest BCUT2D eigenvalue weighted by atomic mass is 9.84. The first-order valence-electron chi connectivity index (χ1n) is 4.38. The molecule has 0 aliphatic heterocycles. The molecule has 2 rings (SSSR count). The van der Waals surface area contributed by atoms with Crippen molar-refractivity contribution in [1.29, 1.82) is 0 Å². The van der Waals surface area contributed by atoms with Crippen molar-refractivity contribution < 1.29 is 9.90 Å². The highest BCUT2D eigenvalue weighted by Gasteiger charge is 2.48. The van der Waals surface area contributed by atoms with Crippen molar-refractivity contribution in [3.05, 3.63) is 0 Å². The summed E-state index contributed by atoms with van der Waals surface area (Å²) in [5.41, 5.74) is 0. The summed E-state index contributed by atoms with van der Waals surface area (Å²) in [6.45, 7) is 1.61. The Balaban J connectivity index is 2.17. The average molecular weight is 154 g/mol. The Bertz CT molecular complexity index is 186. The molecule has 4 atom stereocenters. The van der Waals surface area contributed by atoms with Gasteiger partial charge in [0.05, 0.1) is 6.10 Å². The molecule has 0 aromatic heterocycles. The van der Waals surface area contributed by atoms with Crippen LogP contribution in [-0.4, -0.2) is 17.0 Å². The van der Waals surface area contributed by atoms with Gasteiger partial charge in [0.2, 0.25) is 0 Å². The van der Waals surface area contributed by atoms with E-state index < -0.39 is 0 Å². The van der Waals surface area contributed by atoms with E-state index in [9.17, 15) is 9.90 Å². The SMILES string of the molecule is CC(=O)[C@@H]1[C@@H]2CC[C@@H](C2)[C@H]1O. The summed E-state index contributed by atoms with van der Waals surface area (Å²) in [5.74, 6) is 1.11. The minimum absolute atomic E-state index is 0.0197. The van der Waals surface area contributed by atoms with Crippen LogP contribution in [0, 0.1) is 17.8 Å². The van der Waals surface area contributed by atoms with Gasteiger partial charge in [0.25, 0.3) is 0 Å². The lowest BCUT2D eigenvalue weighted by Crippen LogP contribution is -2.32. The lowest BCUT2D eigenvalue weighted by molar-refractivity contribution is -0.126. The van der Waals surface area contributed by atoms with Gasteiger partial charge in [-0.3, -0.25) is 4.79 Å². The predicted octanol–water partition coefficient (Wildman–Crippen LogP) is 0.982. The maximum Gasteiger partial charge on any atom is 0.135 e. The Kier molecular flexibility index (Phi) is 1.53. The van der Waals surface area contributed by atoms with Gasteiger partial charge < -0.3 is 5.11 Å². The number of Topliss-reactive ketones (excluding diaryl/α,β-unsaturated/α-hetero) is 1. The normalized spacial score (nSPS) is 48.2. The standard InChI is InChI=1S/C9H14O2/c1-5(10)8-6-2-3-7(4-6)9(8)11/h6-9,11H,2-4H2,1H3/t6-,7+,8-,9-/m1/s1. The van der Waals surface area contributed by atoms with Crippen LogP contribution in [0.15, 0.2) is 0 Å². The molecule has 2 heteroatoms. The van der Waals surface area contributed by atoms with Crippen molar-refractivity contribution in [2.24, 2.45) is 17.8 Å². The Morgan fingerprint density at radius 1 is 1.36 bits per heavy atom. The largest absolute Gasteiger partial charge is 0.392 e. The van der Waals surface area contributed by atoms with Crippen LogP contribution in [-0.2, 0) is 4.79 Å². The van der Waals surface area contributed by atoms with Crippen LogP contribution in [0.2, 0.25) is 0 Å². The van der Waals surface area contributed by atoms with Crippen LogP contribution in [0.5, 0.6) is 0 Å². The fourth-order valence-electron chi connectivity index (χ4n) is 2.83. The average Bonchev–Trinajstić information content (AvgIpc) is 2.44. The summed E-state index contributed by atoms with van der Waals surface area (Å²) in [4.78, 5) is 11.1. The van der Waals surface area contributed by atoms with Gasteiger partial charge in [-0.2, -0.15) is 0 Å². The number of rotatable bonds is 1. The van der Waals surface area contributed by atoms with Gasteiger partial charge in [0.1, 0.15) is 5.78 Å². The zero-order chi connectivity index (χ0) is 8.01. The molecule has 2 aliphatic carbocycles. The van der Waals surface area contributed by atoms with E-state index in [1.54, 1.807) is 6.92 Å². The third-order valence-corrected chi connectivity index (χ3v) is 3.34. The smallest absolute Gasteiger partial charge is 0.135 e. The number of aliphatic hydroxyl groups is 1. The van der Waals surface area contributed by atoms with E-state index in [1.807, 2.05) is 0 Å². The molecular weight excluding hydrogens is 140 g/mol. The maximum absolute atomic E-state index is 11.1. The van der Waals surface area contributed by atoms with E-state index in [2.05, 4.69) is 0 Å². The molecule has 0 aromatic carbocycles. The van der Waals surface area contributed by atoms with Gasteiger partial charge in [-0.1, -0.05) is 0 Å².